The van der Waals surface area contributed by atoms with Crippen LogP contribution in [0.2, 0.25) is 0 Å². The van der Waals surface area contributed by atoms with Crippen LogP contribution in [0.25, 0.3) is 0 Å². The molecule has 1 aromatic rings. The summed E-state index contributed by atoms with van der Waals surface area (Å²) in [6, 6.07) is 5.93. The number of amides is 1. The van der Waals surface area contributed by atoms with Gasteiger partial charge in [0.05, 0.1) is 14.2 Å². The number of guanidine groups is 1. The minimum absolute atomic E-state index is 0. The summed E-state index contributed by atoms with van der Waals surface area (Å²) in [7, 11) is 3.25. The molecule has 0 unspecified atom stereocenters. The highest BCUT2D eigenvalue weighted by Crippen LogP contribution is 2.32. The highest BCUT2D eigenvalue weighted by molar-refractivity contribution is 14.0. The molecule has 1 rings (SSSR count). The first-order chi connectivity index (χ1) is 13.0. The molecule has 0 aliphatic carbocycles. The number of benzene rings is 1. The van der Waals surface area contributed by atoms with Gasteiger partial charge >= 0.3 is 0 Å². The molecule has 0 aromatic heterocycles. The first kappa shape index (κ1) is 27.3. The molecule has 1 aromatic carbocycles. The van der Waals surface area contributed by atoms with Gasteiger partial charge < -0.3 is 25.4 Å². The number of carbonyl (C=O) groups excluding carboxylic acids is 1. The molecule has 0 fully saturated rings. The molecular weight excluding hydrogens is 483 g/mol. The highest BCUT2D eigenvalue weighted by atomic mass is 127. The van der Waals surface area contributed by atoms with Gasteiger partial charge in [-0.2, -0.15) is 0 Å². The van der Waals surface area contributed by atoms with Gasteiger partial charge in [-0.05, 0) is 45.4 Å². The summed E-state index contributed by atoms with van der Waals surface area (Å²) >= 11 is 0. The van der Waals surface area contributed by atoms with Crippen molar-refractivity contribution in [2.75, 3.05) is 33.9 Å². The largest absolute Gasteiger partial charge is 0.493 e. The molecule has 0 bridgehead atoms. The molecule has 166 valence electrons. The number of hydrogen-bond acceptors (Lipinski definition) is 4. The highest BCUT2D eigenvalue weighted by Gasteiger charge is 2.23. The predicted octanol–water partition coefficient (Wildman–Crippen LogP) is 3.07. The van der Waals surface area contributed by atoms with Crippen LogP contribution in [0, 0.1) is 0 Å². The second-order valence-electron chi connectivity index (χ2n) is 8.30. The Morgan fingerprint density at radius 2 is 1.66 bits per heavy atom. The van der Waals surface area contributed by atoms with Gasteiger partial charge in [0.1, 0.15) is 6.54 Å². The standard InChI is InChI=1S/C21H36N4O3.HI/c1-9-22-19(23-13-18(26)25-20(2,3)4)24-14-21(5,6)15-10-11-16(27-7)17(12-15)28-8;/h10-12H,9,13-14H2,1-8H3,(H,25,26)(H2,22,23,24);1H. The van der Waals surface area contributed by atoms with Crippen LogP contribution in [0.3, 0.4) is 0 Å². The van der Waals surface area contributed by atoms with Crippen LogP contribution in [0.4, 0.5) is 0 Å². The number of ether oxygens (including phenoxy) is 2. The number of carbonyl (C=O) groups is 1. The van der Waals surface area contributed by atoms with E-state index in [-0.39, 0.29) is 47.4 Å². The molecule has 7 nitrogen and oxygen atoms in total. The summed E-state index contributed by atoms with van der Waals surface area (Å²) in [6.45, 7) is 13.5. The van der Waals surface area contributed by atoms with Gasteiger partial charge in [0.2, 0.25) is 5.91 Å². The Morgan fingerprint density at radius 3 is 2.17 bits per heavy atom. The van der Waals surface area contributed by atoms with Gasteiger partial charge in [-0.3, -0.25) is 4.79 Å². The van der Waals surface area contributed by atoms with Gasteiger partial charge in [0.15, 0.2) is 17.5 Å². The van der Waals surface area contributed by atoms with E-state index in [1.807, 2.05) is 45.9 Å². The van der Waals surface area contributed by atoms with Gasteiger partial charge in [-0.15, -0.1) is 24.0 Å². The molecule has 0 aliphatic heterocycles. The van der Waals surface area contributed by atoms with Crippen molar-refractivity contribution in [3.63, 3.8) is 0 Å². The van der Waals surface area contributed by atoms with E-state index in [1.165, 1.54) is 0 Å². The fourth-order valence-electron chi connectivity index (χ4n) is 2.61. The molecule has 29 heavy (non-hydrogen) atoms. The molecule has 1 amide bonds. The number of halogens is 1. The van der Waals surface area contributed by atoms with Crippen molar-refractivity contribution in [2.45, 2.75) is 52.5 Å². The number of nitrogens with one attached hydrogen (secondary N) is 3. The second kappa shape index (κ2) is 12.1. The zero-order chi connectivity index (χ0) is 21.4. The normalized spacial score (nSPS) is 11.9. The SMILES string of the molecule is CCNC(=NCC(=O)NC(C)(C)C)NCC(C)(C)c1ccc(OC)c(OC)c1.I. The monoisotopic (exact) mass is 520 g/mol. The molecule has 0 radical (unpaired) electrons. The maximum Gasteiger partial charge on any atom is 0.242 e. The zero-order valence-electron chi connectivity index (χ0n) is 18.9. The number of rotatable bonds is 8. The van der Waals surface area contributed by atoms with E-state index < -0.39 is 0 Å². The van der Waals surface area contributed by atoms with Crippen molar-refractivity contribution in [2.24, 2.45) is 4.99 Å². The smallest absolute Gasteiger partial charge is 0.242 e. The van der Waals surface area contributed by atoms with Crippen LogP contribution in [0.1, 0.15) is 47.1 Å². The fraction of sp³-hybridized carbons (Fsp3) is 0.619. The maximum absolute atomic E-state index is 12.0. The third kappa shape index (κ3) is 9.56. The van der Waals surface area contributed by atoms with Crippen LogP contribution in [0.5, 0.6) is 11.5 Å². The van der Waals surface area contributed by atoms with Crippen LogP contribution in [-0.4, -0.2) is 51.3 Å². The molecule has 0 saturated heterocycles. The molecule has 3 N–H and O–H groups in total. The maximum atomic E-state index is 12.0. The average molecular weight is 520 g/mol. The molecule has 8 heteroatoms. The summed E-state index contributed by atoms with van der Waals surface area (Å²) < 4.78 is 10.7. The van der Waals surface area contributed by atoms with Crippen molar-refractivity contribution in [3.05, 3.63) is 23.8 Å². The number of hydrogen-bond donors (Lipinski definition) is 3. The van der Waals surface area contributed by atoms with E-state index in [0.717, 1.165) is 5.56 Å². The van der Waals surface area contributed by atoms with Crippen molar-refractivity contribution >= 4 is 35.8 Å². The third-order valence-corrected chi connectivity index (χ3v) is 4.10. The van der Waals surface area contributed by atoms with E-state index in [4.69, 9.17) is 9.47 Å². The second-order valence-corrected chi connectivity index (χ2v) is 8.30. The average Bonchev–Trinajstić information content (AvgIpc) is 2.61. The van der Waals surface area contributed by atoms with Crippen molar-refractivity contribution in [1.29, 1.82) is 0 Å². The Labute approximate surface area is 192 Å². The Kier molecular flexibility index (Phi) is 11.4. The van der Waals surface area contributed by atoms with E-state index >= 15 is 0 Å². The van der Waals surface area contributed by atoms with Gasteiger partial charge in [-0.1, -0.05) is 19.9 Å². The Hall–Kier alpha value is -1.71. The number of aliphatic imine (C=N–C) groups is 1. The Morgan fingerprint density at radius 1 is 1.03 bits per heavy atom. The summed E-state index contributed by atoms with van der Waals surface area (Å²) in [6.07, 6.45) is 0. The number of methoxy groups -OCH3 is 2. The minimum atomic E-state index is -0.270. The predicted molar refractivity (Wildman–Crippen MR) is 130 cm³/mol. The lowest BCUT2D eigenvalue weighted by molar-refractivity contribution is -0.121. The van der Waals surface area contributed by atoms with Crippen molar-refractivity contribution < 1.29 is 14.3 Å². The van der Waals surface area contributed by atoms with Crippen LogP contribution < -0.4 is 25.4 Å². The molecule has 0 saturated carbocycles. The molecule has 0 aliphatic rings. The third-order valence-electron chi connectivity index (χ3n) is 4.10. The molecule has 0 heterocycles. The van der Waals surface area contributed by atoms with Crippen molar-refractivity contribution in [3.8, 4) is 11.5 Å². The topological polar surface area (TPSA) is 84.0 Å². The van der Waals surface area contributed by atoms with E-state index in [2.05, 4.69) is 34.8 Å². The molecule has 0 atom stereocenters. The quantitative estimate of drug-likeness (QED) is 0.279. The van der Waals surface area contributed by atoms with Gasteiger partial charge in [-0.25, -0.2) is 4.99 Å². The lowest BCUT2D eigenvalue weighted by atomic mass is 9.84. The summed E-state index contributed by atoms with van der Waals surface area (Å²) in [4.78, 5) is 16.4. The lowest BCUT2D eigenvalue weighted by Gasteiger charge is -2.27. The Bertz CT molecular complexity index is 685. The van der Waals surface area contributed by atoms with Crippen LogP contribution >= 0.6 is 24.0 Å². The zero-order valence-corrected chi connectivity index (χ0v) is 21.3. The Balaban J connectivity index is 0.00000784. The van der Waals surface area contributed by atoms with Crippen molar-refractivity contribution in [1.82, 2.24) is 16.0 Å². The first-order valence-electron chi connectivity index (χ1n) is 9.58. The minimum Gasteiger partial charge on any atom is -0.493 e. The fourth-order valence-corrected chi connectivity index (χ4v) is 2.61. The van der Waals surface area contributed by atoms with Crippen LogP contribution in [-0.2, 0) is 10.2 Å². The number of nitrogens with zero attached hydrogens (tertiary/aromatic N) is 1. The summed E-state index contributed by atoms with van der Waals surface area (Å²) in [5, 5.41) is 9.42. The van der Waals surface area contributed by atoms with Crippen LogP contribution in [0.15, 0.2) is 23.2 Å². The molecular formula is C21H37IN4O3. The summed E-state index contributed by atoms with van der Waals surface area (Å²) in [5.41, 5.74) is 0.649. The summed E-state index contributed by atoms with van der Waals surface area (Å²) in [5.74, 6) is 1.91. The first-order valence-corrected chi connectivity index (χ1v) is 9.58. The van der Waals surface area contributed by atoms with E-state index in [9.17, 15) is 4.79 Å². The van der Waals surface area contributed by atoms with Gasteiger partial charge in [0.25, 0.3) is 0 Å². The molecule has 0 spiro atoms. The van der Waals surface area contributed by atoms with E-state index in [1.54, 1.807) is 14.2 Å². The van der Waals surface area contributed by atoms with E-state index in [0.29, 0.717) is 30.5 Å². The van der Waals surface area contributed by atoms with Gasteiger partial charge in [0, 0.05) is 24.0 Å². The lowest BCUT2D eigenvalue weighted by Crippen LogP contribution is -2.45.